The second-order valence-corrected chi connectivity index (χ2v) is 19.1. The maximum absolute atomic E-state index is 6.32. The molecule has 60 heavy (non-hydrogen) atoms. The van der Waals surface area contributed by atoms with Gasteiger partial charge in [0.15, 0.2) is 0 Å². The Hall–Kier alpha value is -5.68. The minimum absolute atomic E-state index is 0.139. The lowest BCUT2D eigenvalue weighted by Gasteiger charge is -2.32. The molecule has 7 rings (SSSR count). The summed E-state index contributed by atoms with van der Waals surface area (Å²) in [5, 5.41) is 0. The van der Waals surface area contributed by atoms with E-state index in [1.807, 2.05) is 0 Å². The summed E-state index contributed by atoms with van der Waals surface area (Å²) < 4.78 is 12.6. The first-order valence-corrected chi connectivity index (χ1v) is 21.2. The summed E-state index contributed by atoms with van der Waals surface area (Å²) in [6.07, 6.45) is 13.1. The fourth-order valence-corrected chi connectivity index (χ4v) is 7.20. The van der Waals surface area contributed by atoms with Crippen LogP contribution in [0.2, 0.25) is 0 Å². The van der Waals surface area contributed by atoms with E-state index in [2.05, 4.69) is 256 Å². The van der Waals surface area contributed by atoms with Crippen molar-refractivity contribution in [1.29, 1.82) is 0 Å². The van der Waals surface area contributed by atoms with Crippen LogP contribution in [-0.2, 0) is 20.1 Å². The van der Waals surface area contributed by atoms with Crippen molar-refractivity contribution in [2.24, 2.45) is 0 Å². The van der Waals surface area contributed by atoms with E-state index >= 15 is 0 Å². The van der Waals surface area contributed by atoms with Gasteiger partial charge >= 0.3 is 7.12 Å². The monoisotopic (exact) mass is 789 g/mol. The highest BCUT2D eigenvalue weighted by Crippen LogP contribution is 2.37. The van der Waals surface area contributed by atoms with Crippen LogP contribution in [0.1, 0.15) is 114 Å². The van der Waals surface area contributed by atoms with Gasteiger partial charge in [0.2, 0.25) is 0 Å². The Balaban J connectivity index is 1.12. The fraction of sp³-hybridized carbons (Fsp3) is 0.250. The second-order valence-electron chi connectivity index (χ2n) is 19.1. The molecule has 1 saturated heterocycles. The van der Waals surface area contributed by atoms with Gasteiger partial charge in [0, 0.05) is 17.1 Å². The number of benzene rings is 6. The van der Waals surface area contributed by atoms with Gasteiger partial charge in [-0.15, -0.1) is 0 Å². The molecule has 1 heterocycles. The van der Waals surface area contributed by atoms with Gasteiger partial charge in [-0.05, 0) is 125 Å². The Labute approximate surface area is 360 Å². The fourth-order valence-electron chi connectivity index (χ4n) is 7.20. The normalized spacial score (nSPS) is 15.4. The first-order chi connectivity index (χ1) is 28.4. The lowest BCUT2D eigenvalue weighted by Crippen LogP contribution is -2.41. The molecule has 3 nitrogen and oxygen atoms in total. The largest absolute Gasteiger partial charge is 0.494 e. The molecule has 304 valence electrons. The molecular weight excluding hydrogens is 729 g/mol. The van der Waals surface area contributed by atoms with Crippen LogP contribution in [0.15, 0.2) is 146 Å². The summed E-state index contributed by atoms with van der Waals surface area (Å²) in [4.78, 5) is 2.32. The molecule has 0 aliphatic carbocycles. The average molecular weight is 790 g/mol. The topological polar surface area (TPSA) is 21.7 Å². The zero-order valence-electron chi connectivity index (χ0n) is 37.2. The summed E-state index contributed by atoms with van der Waals surface area (Å²) >= 11 is 0. The number of nitrogens with zero attached hydrogens (tertiary/aromatic N) is 1. The molecule has 4 heteroatoms. The van der Waals surface area contributed by atoms with E-state index in [4.69, 9.17) is 9.31 Å². The first kappa shape index (κ1) is 42.4. The van der Waals surface area contributed by atoms with Crippen LogP contribution >= 0.6 is 0 Å². The lowest BCUT2D eigenvalue weighted by atomic mass is 9.78. The maximum atomic E-state index is 6.32. The van der Waals surface area contributed by atoms with E-state index in [1.54, 1.807) is 0 Å². The third-order valence-corrected chi connectivity index (χ3v) is 11.8. The molecule has 6 aromatic rings. The van der Waals surface area contributed by atoms with Crippen LogP contribution in [0.4, 0.5) is 17.1 Å². The van der Waals surface area contributed by atoms with Crippen LogP contribution in [0, 0.1) is 0 Å². The summed E-state index contributed by atoms with van der Waals surface area (Å²) in [5.74, 6) is 0. The maximum Gasteiger partial charge on any atom is 0.494 e. The molecule has 0 atom stereocenters. The second kappa shape index (κ2) is 17.1. The van der Waals surface area contributed by atoms with E-state index in [0.717, 1.165) is 44.8 Å². The summed E-state index contributed by atoms with van der Waals surface area (Å²) in [5.41, 5.74) is 13.4. The van der Waals surface area contributed by atoms with Crippen LogP contribution < -0.4 is 10.4 Å². The molecule has 0 radical (unpaired) electrons. The van der Waals surface area contributed by atoms with Crippen molar-refractivity contribution in [3.05, 3.63) is 190 Å². The van der Waals surface area contributed by atoms with Gasteiger partial charge < -0.3 is 14.2 Å². The Morgan fingerprint density at radius 1 is 0.400 bits per heavy atom. The standard InChI is InChI=1S/C56H60BNO2/c1-53(2,3)47-30-20-41(21-31-47)14-16-43-24-34-50(35-25-43)58(51-36-26-44(27-37-51)17-15-42-22-32-48(33-23-42)54(4,5)6)52-38-28-45(29-39-52)18-19-46-12-11-13-49(40-46)57-59-55(7,8)56(9,10)60-57/h11-40H,1-10H3. The summed E-state index contributed by atoms with van der Waals surface area (Å²) in [6, 6.07) is 52.5. The quantitative estimate of drug-likeness (QED) is 0.102. The summed E-state index contributed by atoms with van der Waals surface area (Å²) in [7, 11) is -0.389. The van der Waals surface area contributed by atoms with E-state index in [0.29, 0.717) is 0 Å². The molecule has 0 aromatic heterocycles. The van der Waals surface area contributed by atoms with Crippen LogP contribution in [0.5, 0.6) is 0 Å². The van der Waals surface area contributed by atoms with Gasteiger partial charge in [0.05, 0.1) is 11.2 Å². The molecule has 0 N–H and O–H groups in total. The number of rotatable bonds is 10. The summed E-state index contributed by atoms with van der Waals surface area (Å²) in [6.45, 7) is 21.8. The third-order valence-electron chi connectivity index (χ3n) is 11.8. The molecule has 1 aliphatic rings. The van der Waals surface area contributed by atoms with Crippen LogP contribution in [0.25, 0.3) is 36.5 Å². The molecule has 0 bridgehead atoms. The van der Waals surface area contributed by atoms with Gasteiger partial charge in [-0.25, -0.2) is 0 Å². The van der Waals surface area contributed by atoms with Gasteiger partial charge in [0.1, 0.15) is 0 Å². The van der Waals surface area contributed by atoms with Crippen molar-refractivity contribution in [2.45, 2.75) is 91.3 Å². The van der Waals surface area contributed by atoms with Crippen molar-refractivity contribution in [3.8, 4) is 0 Å². The predicted octanol–water partition coefficient (Wildman–Crippen LogP) is 14.6. The highest BCUT2D eigenvalue weighted by Gasteiger charge is 2.51. The molecule has 0 spiro atoms. The van der Waals surface area contributed by atoms with E-state index in [9.17, 15) is 0 Å². The van der Waals surface area contributed by atoms with Crippen molar-refractivity contribution in [1.82, 2.24) is 0 Å². The number of hydrogen-bond donors (Lipinski definition) is 0. The molecule has 0 amide bonds. The Morgan fingerprint density at radius 2 is 0.700 bits per heavy atom. The van der Waals surface area contributed by atoms with Crippen molar-refractivity contribution >= 4 is 66.1 Å². The van der Waals surface area contributed by atoms with Crippen LogP contribution in [0.3, 0.4) is 0 Å². The highest BCUT2D eigenvalue weighted by molar-refractivity contribution is 6.62. The van der Waals surface area contributed by atoms with Gasteiger partial charge in [-0.2, -0.15) is 0 Å². The minimum atomic E-state index is -0.389. The SMILES string of the molecule is CC(C)(C)c1ccc(C=Cc2ccc(N(c3ccc(C=Cc4ccc(C(C)(C)C)cc4)cc3)c3ccc(C=Cc4cccc(B5OC(C)(C)C(C)(C)O5)c4)cc3)cc2)cc1. The molecule has 0 saturated carbocycles. The first-order valence-electron chi connectivity index (χ1n) is 21.2. The smallest absolute Gasteiger partial charge is 0.399 e. The minimum Gasteiger partial charge on any atom is -0.399 e. The zero-order valence-corrected chi connectivity index (χ0v) is 37.2. The van der Waals surface area contributed by atoms with Crippen molar-refractivity contribution in [2.75, 3.05) is 4.90 Å². The van der Waals surface area contributed by atoms with E-state index in [-0.39, 0.29) is 29.2 Å². The zero-order chi connectivity index (χ0) is 42.7. The van der Waals surface area contributed by atoms with Crippen molar-refractivity contribution in [3.63, 3.8) is 0 Å². The number of hydrogen-bond acceptors (Lipinski definition) is 3. The van der Waals surface area contributed by atoms with Gasteiger partial charge in [-0.3, -0.25) is 0 Å². The number of anilines is 3. The Bertz CT molecular complexity index is 2330. The molecule has 1 fully saturated rings. The highest BCUT2D eigenvalue weighted by atomic mass is 16.7. The molecule has 1 aliphatic heterocycles. The Morgan fingerprint density at radius 3 is 1.02 bits per heavy atom. The molecule has 0 unspecified atom stereocenters. The van der Waals surface area contributed by atoms with Gasteiger partial charge in [-0.1, -0.05) is 187 Å². The molecule has 6 aromatic carbocycles. The predicted molar refractivity (Wildman–Crippen MR) is 260 cm³/mol. The van der Waals surface area contributed by atoms with Crippen molar-refractivity contribution < 1.29 is 9.31 Å². The van der Waals surface area contributed by atoms with E-state index < -0.39 is 0 Å². The third kappa shape index (κ3) is 10.2. The Kier molecular flexibility index (Phi) is 12.1. The van der Waals surface area contributed by atoms with E-state index in [1.165, 1.54) is 22.3 Å². The van der Waals surface area contributed by atoms with Gasteiger partial charge in [0.25, 0.3) is 0 Å². The lowest BCUT2D eigenvalue weighted by molar-refractivity contribution is 0.00578. The average Bonchev–Trinajstić information content (AvgIpc) is 3.45. The molecular formula is C56H60BNO2. The van der Waals surface area contributed by atoms with Crippen LogP contribution in [-0.4, -0.2) is 18.3 Å².